The number of aliphatic hydroxyl groups is 1. The third kappa shape index (κ3) is 6.35. The number of alkyl halides is 2. The number of hydrogen-bond donors (Lipinski definition) is 1. The maximum absolute atomic E-state index is 15.9. The van der Waals surface area contributed by atoms with Gasteiger partial charge in [0.05, 0.1) is 13.1 Å². The van der Waals surface area contributed by atoms with Crippen molar-refractivity contribution in [2.75, 3.05) is 0 Å². The quantitative estimate of drug-likeness (QED) is 0.146. The summed E-state index contributed by atoms with van der Waals surface area (Å²) in [5.41, 5.74) is -2.56. The van der Waals surface area contributed by atoms with Gasteiger partial charge in [0.2, 0.25) is 0 Å². The Bertz CT molecular complexity index is 1810. The molecule has 0 aliphatic heterocycles. The highest BCUT2D eigenvalue weighted by molar-refractivity contribution is 5.46. The molecule has 0 fully saturated rings. The lowest BCUT2D eigenvalue weighted by atomic mass is 9.84. The van der Waals surface area contributed by atoms with Crippen molar-refractivity contribution < 1.29 is 27.4 Å². The van der Waals surface area contributed by atoms with Crippen LogP contribution in [0.2, 0.25) is 0 Å². The average molecular weight is 585 g/mol. The molecule has 2 heterocycles. The van der Waals surface area contributed by atoms with Crippen LogP contribution in [0.15, 0.2) is 91.4 Å². The summed E-state index contributed by atoms with van der Waals surface area (Å²) in [5, 5.41) is 21.5. The van der Waals surface area contributed by atoms with Gasteiger partial charge < -0.3 is 9.84 Å². The Kier molecular flexibility index (Phi) is 8.14. The molecule has 8 nitrogen and oxygen atoms in total. The van der Waals surface area contributed by atoms with Crippen LogP contribution in [-0.4, -0.2) is 30.3 Å². The van der Waals surface area contributed by atoms with Crippen LogP contribution in [0.1, 0.15) is 27.9 Å². The van der Waals surface area contributed by atoms with Gasteiger partial charge in [-0.15, -0.1) is 5.10 Å². The summed E-state index contributed by atoms with van der Waals surface area (Å²) in [4.78, 5) is 7.15. The highest BCUT2D eigenvalue weighted by Crippen LogP contribution is 2.46. The van der Waals surface area contributed by atoms with E-state index in [1.165, 1.54) is 6.07 Å². The molecule has 1 atom stereocenters. The molecule has 0 aliphatic rings. The molecule has 43 heavy (non-hydrogen) atoms. The molecule has 0 saturated carbocycles. The van der Waals surface area contributed by atoms with Gasteiger partial charge in [0, 0.05) is 29.0 Å². The van der Waals surface area contributed by atoms with Gasteiger partial charge in [0.25, 0.3) is 0 Å². The van der Waals surface area contributed by atoms with Crippen molar-refractivity contribution >= 4 is 5.69 Å². The average Bonchev–Trinajstić information content (AvgIpc) is 3.52. The SMILES string of the molecule is [C-]#[N+]c1ccc(COc2ccc(C#Cc3ccc(C(F)(F)[C@@](O)(Cn4cnnn4)c4ccc(F)cc4F)nc3)cc2)cc1. The van der Waals surface area contributed by atoms with Gasteiger partial charge >= 0.3 is 5.92 Å². The second-order valence-corrected chi connectivity index (χ2v) is 9.34. The fourth-order valence-corrected chi connectivity index (χ4v) is 4.14. The standard InChI is InChI=1S/C31H20F4N6O2/c1-36-25-10-4-23(5-11-25)18-43-26-12-6-21(7-13-26)2-3-22-8-15-29(37-17-22)31(34,35)30(42,19-41-20-38-39-40-41)27-14-9-24(32)16-28(27)33/h4-17,20,42H,18-19H2/t30-/m1/s1. The third-order valence-electron chi connectivity index (χ3n) is 6.44. The molecule has 0 saturated heterocycles. The molecule has 0 aliphatic carbocycles. The van der Waals surface area contributed by atoms with Crippen molar-refractivity contribution in [1.82, 2.24) is 25.2 Å². The zero-order valence-corrected chi connectivity index (χ0v) is 22.1. The maximum atomic E-state index is 15.9. The molecule has 0 bridgehead atoms. The van der Waals surface area contributed by atoms with Crippen LogP contribution >= 0.6 is 0 Å². The second-order valence-electron chi connectivity index (χ2n) is 9.34. The van der Waals surface area contributed by atoms with E-state index in [0.717, 1.165) is 41.0 Å². The predicted octanol–water partition coefficient (Wildman–Crippen LogP) is 5.56. The fraction of sp³-hybridized carbons (Fsp3) is 0.129. The lowest BCUT2D eigenvalue weighted by Gasteiger charge is -2.35. The van der Waals surface area contributed by atoms with E-state index >= 15 is 8.78 Å². The Balaban J connectivity index is 1.31. The molecular weight excluding hydrogens is 564 g/mol. The van der Waals surface area contributed by atoms with E-state index in [9.17, 15) is 13.9 Å². The molecule has 0 amide bonds. The first-order valence-corrected chi connectivity index (χ1v) is 12.6. The molecule has 5 aromatic rings. The summed E-state index contributed by atoms with van der Waals surface area (Å²) in [5.74, 6) is -0.184. The number of ether oxygens (including phenoxy) is 1. The molecule has 0 radical (unpaired) electrons. The summed E-state index contributed by atoms with van der Waals surface area (Å²) in [6.45, 7) is 6.37. The number of aromatic nitrogens is 5. The van der Waals surface area contributed by atoms with Crippen LogP contribution in [-0.2, 0) is 24.7 Å². The maximum Gasteiger partial charge on any atom is 0.323 e. The Hall–Kier alpha value is -5.59. The van der Waals surface area contributed by atoms with E-state index in [1.54, 1.807) is 36.4 Å². The van der Waals surface area contributed by atoms with E-state index in [2.05, 4.69) is 37.2 Å². The number of pyridine rings is 1. The Labute approximate surface area is 243 Å². The van der Waals surface area contributed by atoms with Gasteiger partial charge in [-0.25, -0.2) is 18.3 Å². The predicted molar refractivity (Wildman–Crippen MR) is 146 cm³/mol. The van der Waals surface area contributed by atoms with E-state index in [4.69, 9.17) is 11.3 Å². The highest BCUT2D eigenvalue weighted by atomic mass is 19.3. The molecule has 214 valence electrons. The largest absolute Gasteiger partial charge is 0.489 e. The van der Waals surface area contributed by atoms with E-state index in [0.29, 0.717) is 35.2 Å². The van der Waals surface area contributed by atoms with Gasteiger partial charge in [-0.05, 0) is 64.5 Å². The molecule has 3 aromatic carbocycles. The van der Waals surface area contributed by atoms with Gasteiger partial charge in [-0.1, -0.05) is 36.1 Å². The minimum Gasteiger partial charge on any atom is -0.489 e. The van der Waals surface area contributed by atoms with Crippen molar-refractivity contribution in [1.29, 1.82) is 0 Å². The lowest BCUT2D eigenvalue weighted by Crippen LogP contribution is -2.48. The number of benzene rings is 3. The number of hydrogen-bond acceptors (Lipinski definition) is 6. The molecule has 5 rings (SSSR count). The van der Waals surface area contributed by atoms with E-state index in [1.807, 2.05) is 12.1 Å². The zero-order chi connectivity index (χ0) is 30.5. The van der Waals surface area contributed by atoms with Crippen LogP contribution in [0.5, 0.6) is 5.75 Å². The van der Waals surface area contributed by atoms with Crippen LogP contribution in [0.3, 0.4) is 0 Å². The van der Waals surface area contributed by atoms with Crippen LogP contribution < -0.4 is 4.74 Å². The number of halogens is 4. The smallest absolute Gasteiger partial charge is 0.323 e. The van der Waals surface area contributed by atoms with Crippen LogP contribution in [0.4, 0.5) is 23.2 Å². The normalized spacial score (nSPS) is 12.5. The topological polar surface area (TPSA) is 90.3 Å². The highest BCUT2D eigenvalue weighted by Gasteiger charge is 2.58. The molecule has 0 spiro atoms. The molecule has 2 aromatic heterocycles. The summed E-state index contributed by atoms with van der Waals surface area (Å²) in [6, 6.07) is 18.2. The minimum absolute atomic E-state index is 0.305. The Morgan fingerprint density at radius 1 is 0.930 bits per heavy atom. The Morgan fingerprint density at radius 2 is 1.65 bits per heavy atom. The summed E-state index contributed by atoms with van der Waals surface area (Å²) < 4.78 is 66.5. The number of tetrazole rings is 1. The van der Waals surface area contributed by atoms with Gasteiger partial charge in [-0.3, -0.25) is 4.98 Å². The monoisotopic (exact) mass is 584 g/mol. The number of nitrogens with zero attached hydrogens (tertiary/aromatic N) is 6. The van der Waals surface area contributed by atoms with Gasteiger partial charge in [0.1, 0.15) is 36.0 Å². The van der Waals surface area contributed by atoms with Crippen molar-refractivity contribution in [2.24, 2.45) is 0 Å². The van der Waals surface area contributed by atoms with Crippen molar-refractivity contribution in [3.63, 3.8) is 0 Å². The molecule has 0 unspecified atom stereocenters. The first-order chi connectivity index (χ1) is 20.7. The third-order valence-corrected chi connectivity index (χ3v) is 6.44. The van der Waals surface area contributed by atoms with E-state index < -0.39 is 41.0 Å². The Morgan fingerprint density at radius 3 is 2.28 bits per heavy atom. The van der Waals surface area contributed by atoms with Gasteiger partial charge in [0.15, 0.2) is 11.3 Å². The minimum atomic E-state index is -4.17. The number of rotatable bonds is 8. The summed E-state index contributed by atoms with van der Waals surface area (Å²) in [6.07, 6.45) is 2.08. The van der Waals surface area contributed by atoms with E-state index in [-0.39, 0.29) is 0 Å². The fourth-order valence-electron chi connectivity index (χ4n) is 4.14. The lowest BCUT2D eigenvalue weighted by molar-refractivity contribution is -0.207. The molecular formula is C31H20F4N6O2. The summed E-state index contributed by atoms with van der Waals surface area (Å²) >= 11 is 0. The second kappa shape index (κ2) is 12.1. The first-order valence-electron chi connectivity index (χ1n) is 12.6. The first kappa shape index (κ1) is 28.9. The van der Waals surface area contributed by atoms with Crippen molar-refractivity contribution in [2.45, 2.75) is 24.7 Å². The molecule has 1 N–H and O–H groups in total. The van der Waals surface area contributed by atoms with Gasteiger partial charge in [-0.2, -0.15) is 8.78 Å². The zero-order valence-electron chi connectivity index (χ0n) is 22.1. The van der Waals surface area contributed by atoms with Crippen molar-refractivity contribution in [3.05, 3.63) is 142 Å². The van der Waals surface area contributed by atoms with Crippen molar-refractivity contribution in [3.8, 4) is 17.6 Å². The molecule has 12 heteroatoms. The van der Waals surface area contributed by atoms with Crippen LogP contribution in [0, 0.1) is 30.0 Å². The summed E-state index contributed by atoms with van der Waals surface area (Å²) in [7, 11) is 0. The van der Waals surface area contributed by atoms with Crippen LogP contribution in [0.25, 0.3) is 4.85 Å².